The van der Waals surface area contributed by atoms with Gasteiger partial charge < -0.3 is 19.1 Å². The van der Waals surface area contributed by atoms with Gasteiger partial charge in [0.15, 0.2) is 0 Å². The summed E-state index contributed by atoms with van der Waals surface area (Å²) in [4.78, 5) is 8.39. The minimum atomic E-state index is -0.346. The van der Waals surface area contributed by atoms with Gasteiger partial charge in [0.2, 0.25) is 0 Å². The molecule has 0 bridgehead atoms. The van der Waals surface area contributed by atoms with Crippen LogP contribution < -0.4 is 14.5 Å². The van der Waals surface area contributed by atoms with Gasteiger partial charge in [0.05, 0.1) is 2.74 Å². The molecule has 2 aromatic heterocycles. The fourth-order valence-electron chi connectivity index (χ4n) is 8.93. The molecule has 3 heterocycles. The first-order valence-electron chi connectivity index (χ1n) is 22.9. The SMILES string of the molecule is [2H]C1=C([2H])N(c2cc(C(C)(C)c3ccccc3)cc(C(C)(C)c3ccccc3)c2)[CH-]N1c1[c-]c(Oc2[c-]c3c(cc2)c2ccccc2n3-c2cc(C(C)(C)c3ccccc3)ccn2)ccc1.[Pt]. The van der Waals surface area contributed by atoms with Crippen LogP contribution in [0.25, 0.3) is 27.6 Å². The van der Waals surface area contributed by atoms with Gasteiger partial charge in [-0.05, 0) is 81.5 Å². The number of anilines is 2. The zero-order valence-electron chi connectivity index (χ0n) is 39.4. The minimum absolute atomic E-state index is 0. The average molecular weight is 1030 g/mol. The molecule has 0 fully saturated rings. The topological polar surface area (TPSA) is 33.5 Å². The van der Waals surface area contributed by atoms with E-state index in [0.717, 1.165) is 50.0 Å². The van der Waals surface area contributed by atoms with Crippen LogP contribution >= 0.6 is 0 Å². The summed E-state index contributed by atoms with van der Waals surface area (Å²) in [5, 5.41) is 2.13. The van der Waals surface area contributed by atoms with E-state index in [1.807, 2.05) is 61.4 Å². The number of pyridine rings is 1. The largest absolute Gasteiger partial charge is 0.509 e. The van der Waals surface area contributed by atoms with Crippen LogP contribution in [0.1, 0.15) is 77.7 Å². The second-order valence-corrected chi connectivity index (χ2v) is 18.2. The molecule has 0 atom stereocenters. The van der Waals surface area contributed by atoms with Crippen molar-refractivity contribution in [2.75, 3.05) is 9.80 Å². The normalized spacial score (nSPS) is 13.8. The molecule has 1 aliphatic heterocycles. The van der Waals surface area contributed by atoms with Gasteiger partial charge in [-0.25, -0.2) is 4.98 Å². The summed E-state index contributed by atoms with van der Waals surface area (Å²) in [6.45, 7) is 15.3. The minimum Gasteiger partial charge on any atom is -0.509 e. The Morgan fingerprint density at radius 2 is 1.06 bits per heavy atom. The maximum Gasteiger partial charge on any atom is 0.135 e. The molecular formula is C59H51N4OPt-3. The van der Waals surface area contributed by atoms with Crippen LogP contribution in [0.15, 0.2) is 194 Å². The van der Waals surface area contributed by atoms with E-state index >= 15 is 0 Å². The van der Waals surface area contributed by atoms with Gasteiger partial charge in [0.25, 0.3) is 0 Å². The van der Waals surface area contributed by atoms with Crippen LogP contribution in [0.5, 0.6) is 11.5 Å². The molecule has 0 amide bonds. The zero-order chi connectivity index (χ0) is 45.8. The molecule has 0 N–H and O–H groups in total. The number of hydrogen-bond acceptors (Lipinski definition) is 4. The van der Waals surface area contributed by atoms with E-state index in [-0.39, 0.29) is 49.7 Å². The van der Waals surface area contributed by atoms with Crippen molar-refractivity contribution < 1.29 is 28.5 Å². The Bertz CT molecular complexity index is 3200. The first kappa shape index (κ1) is 41.1. The molecule has 0 unspecified atom stereocenters. The standard InChI is InChI=1S/C59H51N4O.Pt/c1-57(2,42-19-10-7-11-20-42)45-31-32-60-56(38-45)63-54-28-17-16-27-52(54)53-30-29-51(40-55(53)63)64-50-26-18-25-48(39-50)61-33-34-62(41-61)49-36-46(58(3,4)43-21-12-8-13-22-43)35-47(37-49)59(5,6)44-23-14-9-15-24-44;/h7-38,41H,1-6H3;/q-3;/i33D,34D;. The van der Waals surface area contributed by atoms with E-state index in [2.05, 4.69) is 186 Å². The Hall–Kier alpha value is -6.68. The number of hydrogen-bond donors (Lipinski definition) is 0. The van der Waals surface area contributed by atoms with Crippen molar-refractivity contribution in [3.8, 4) is 17.3 Å². The van der Waals surface area contributed by atoms with Crippen molar-refractivity contribution in [1.82, 2.24) is 9.55 Å². The number of aromatic nitrogens is 2. The van der Waals surface area contributed by atoms with Crippen molar-refractivity contribution in [3.05, 3.63) is 247 Å². The van der Waals surface area contributed by atoms with Gasteiger partial charge in [-0.3, -0.25) is 0 Å². The predicted molar refractivity (Wildman–Crippen MR) is 263 cm³/mol. The van der Waals surface area contributed by atoms with E-state index in [0.29, 0.717) is 17.2 Å². The Kier molecular flexibility index (Phi) is 11.0. The summed E-state index contributed by atoms with van der Waals surface area (Å²) in [7, 11) is 0. The summed E-state index contributed by atoms with van der Waals surface area (Å²) < 4.78 is 27.3. The fraction of sp³-hybridized carbons (Fsp3) is 0.153. The van der Waals surface area contributed by atoms with Gasteiger partial charge in [-0.15, -0.1) is 48.1 Å². The second kappa shape index (κ2) is 17.4. The molecule has 0 spiro atoms. The van der Waals surface area contributed by atoms with Gasteiger partial charge >= 0.3 is 0 Å². The summed E-state index contributed by atoms with van der Waals surface area (Å²) in [6.07, 6.45) is 1.98. The van der Waals surface area contributed by atoms with Gasteiger partial charge in [-0.1, -0.05) is 162 Å². The Balaban J connectivity index is 0.00000562. The maximum absolute atomic E-state index is 9.32. The summed E-state index contributed by atoms with van der Waals surface area (Å²) in [5.74, 6) is 1.77. The summed E-state index contributed by atoms with van der Waals surface area (Å²) in [6, 6.07) is 67.5. The second-order valence-electron chi connectivity index (χ2n) is 18.2. The van der Waals surface area contributed by atoms with E-state index in [9.17, 15) is 2.74 Å². The van der Waals surface area contributed by atoms with Crippen LogP contribution in [-0.2, 0) is 37.3 Å². The molecule has 9 aromatic rings. The molecule has 6 heteroatoms. The van der Waals surface area contributed by atoms with Crippen molar-refractivity contribution >= 4 is 33.2 Å². The fourth-order valence-corrected chi connectivity index (χ4v) is 8.93. The van der Waals surface area contributed by atoms with Crippen molar-refractivity contribution in [2.45, 2.75) is 57.8 Å². The van der Waals surface area contributed by atoms with E-state index < -0.39 is 0 Å². The van der Waals surface area contributed by atoms with Crippen LogP contribution in [0, 0.1) is 18.8 Å². The van der Waals surface area contributed by atoms with Crippen LogP contribution in [0.4, 0.5) is 11.4 Å². The Morgan fingerprint density at radius 3 is 1.69 bits per heavy atom. The molecule has 0 radical (unpaired) electrons. The quantitative estimate of drug-likeness (QED) is 0.121. The maximum atomic E-state index is 9.32. The van der Waals surface area contributed by atoms with Crippen LogP contribution in [-0.4, -0.2) is 9.55 Å². The summed E-state index contributed by atoms with van der Waals surface area (Å²) in [5.41, 5.74) is 9.31. The van der Waals surface area contributed by atoms with Crippen LogP contribution in [0.3, 0.4) is 0 Å². The zero-order valence-corrected chi connectivity index (χ0v) is 39.7. The van der Waals surface area contributed by atoms with Gasteiger partial charge in [-0.2, -0.15) is 12.1 Å². The number of fused-ring (bicyclic) bond motifs is 3. The molecule has 10 rings (SSSR count). The number of para-hydroxylation sites is 1. The number of rotatable bonds is 11. The average Bonchev–Trinajstić information content (AvgIpc) is 3.84. The molecule has 5 nitrogen and oxygen atoms in total. The first-order chi connectivity index (χ1) is 31.8. The predicted octanol–water partition coefficient (Wildman–Crippen LogP) is 14.5. The molecule has 0 saturated heterocycles. The molecule has 326 valence electrons. The molecular weight excluding hydrogens is 976 g/mol. The Morgan fingerprint density at radius 1 is 0.508 bits per heavy atom. The molecule has 0 aliphatic carbocycles. The van der Waals surface area contributed by atoms with Crippen molar-refractivity contribution in [1.29, 1.82) is 0 Å². The summed E-state index contributed by atoms with van der Waals surface area (Å²) >= 11 is 0. The van der Waals surface area contributed by atoms with Crippen molar-refractivity contribution in [3.63, 3.8) is 0 Å². The molecule has 65 heavy (non-hydrogen) atoms. The molecule has 7 aromatic carbocycles. The first-order valence-corrected chi connectivity index (χ1v) is 21.9. The number of nitrogens with zero attached hydrogens (tertiary/aromatic N) is 4. The van der Waals surface area contributed by atoms with Crippen LogP contribution in [0.2, 0.25) is 0 Å². The molecule has 1 aliphatic rings. The van der Waals surface area contributed by atoms with E-state index in [1.54, 1.807) is 9.80 Å². The van der Waals surface area contributed by atoms with Gasteiger partial charge in [0, 0.05) is 66.2 Å². The van der Waals surface area contributed by atoms with Gasteiger partial charge in [0.1, 0.15) is 5.82 Å². The third-order valence-corrected chi connectivity index (χ3v) is 13.1. The van der Waals surface area contributed by atoms with E-state index in [1.165, 1.54) is 16.7 Å². The third-order valence-electron chi connectivity index (χ3n) is 13.1. The Labute approximate surface area is 400 Å². The number of benzene rings is 7. The smallest absolute Gasteiger partial charge is 0.135 e. The van der Waals surface area contributed by atoms with E-state index in [4.69, 9.17) is 9.72 Å². The monoisotopic (exact) mass is 1030 g/mol. The number of ether oxygens (including phenoxy) is 1. The molecule has 0 saturated carbocycles. The third kappa shape index (κ3) is 8.19. The van der Waals surface area contributed by atoms with Crippen molar-refractivity contribution in [2.24, 2.45) is 0 Å².